The lowest BCUT2D eigenvalue weighted by Gasteiger charge is -2.47. The van der Waals surface area contributed by atoms with Gasteiger partial charge in [-0.2, -0.15) is 0 Å². The summed E-state index contributed by atoms with van der Waals surface area (Å²) in [5.74, 6) is -15.4. The number of rotatable bonds is 14. The van der Waals surface area contributed by atoms with E-state index in [9.17, 15) is 79.8 Å². The number of nitrogens with two attached hydrogens (primary N) is 3. The lowest BCUT2D eigenvalue weighted by atomic mass is 9.86. The summed E-state index contributed by atoms with van der Waals surface area (Å²) >= 11 is 14.1. The second kappa shape index (κ2) is 31.7. The molecule has 35 heteroatoms. The number of carboxylic acid groups (broad SMARTS) is 1. The number of carbonyl (C=O) groups excluding carboxylic acids is 7. The molecular formula is C67H79Cl2N9O24. The third-order valence-electron chi connectivity index (χ3n) is 17.7. The van der Waals surface area contributed by atoms with Crippen molar-refractivity contribution in [2.45, 2.75) is 163 Å². The average molecular weight is 1470 g/mol. The Morgan fingerprint density at radius 2 is 1.34 bits per heavy atom. The van der Waals surface area contributed by atoms with Crippen LogP contribution in [-0.2, 0) is 52.6 Å². The van der Waals surface area contributed by atoms with E-state index >= 15 is 9.59 Å². The molecule has 0 radical (unpaired) electrons. The van der Waals surface area contributed by atoms with Crippen molar-refractivity contribution < 1.29 is 118 Å². The van der Waals surface area contributed by atoms with Crippen LogP contribution in [0, 0.1) is 5.92 Å². The standard InChI is InChI=1S/C67H79Cl2N9O24/c1-24(2)13-36(73-6)60(90)78-52-54(86)29-9-12-41(35(69)16-29)99-43-18-30-17-42(57(43)102-66-58(56(88)55(87)44(23-79)100-66)101-46-22-67(5,72)59(89)26(4)97-46)98-40-11-8-28(15-34(40)68)53(85)48(71)62(92)77-51(65(95)96)33-19-31(81)20-39(83)47(33)32-14-27(7-10-38(32)82)49(25(3)80)75-63(93)50(30)76-61(91)37(21-45(70)84)74-64(52)94/h7-12,14-20,24,26,36-37,44,46,48-56,58-59,66,73,79,81-83,85-89H,13,21-23,71-72H2,1-6H3,(H2,70,84)(H,74,94)(H,75,93)(H,76,91)(H,77,92)(H,78,90)(H,95,96)/t26-,36+,37-,44+,46-,48-,49-,50+,51-,52?,53+,54+,55+,56-,58+,59+,66-,67-/m0/s1. The quantitative estimate of drug-likeness (QED) is 0.0721. The number of ketones is 1. The van der Waals surface area contributed by atoms with E-state index < -0.39 is 237 Å². The number of aromatic hydroxyl groups is 3. The first-order valence-electron chi connectivity index (χ1n) is 31.9. The highest BCUT2D eigenvalue weighted by Crippen LogP contribution is 2.50. The second-order valence-corrected chi connectivity index (χ2v) is 26.7. The molecular weight excluding hydrogens is 1390 g/mol. The van der Waals surface area contributed by atoms with Crippen molar-refractivity contribution in [1.29, 1.82) is 0 Å². The van der Waals surface area contributed by atoms with Crippen LogP contribution in [0.1, 0.15) is 112 Å². The van der Waals surface area contributed by atoms with E-state index in [4.69, 9.17) is 68.8 Å². The molecule has 0 aliphatic carbocycles. The van der Waals surface area contributed by atoms with Gasteiger partial charge in [-0.1, -0.05) is 55.2 Å². The molecule has 6 aliphatic heterocycles. The summed E-state index contributed by atoms with van der Waals surface area (Å²) in [5, 5.41) is 128. The number of primary amides is 1. The van der Waals surface area contributed by atoms with Crippen LogP contribution in [0.2, 0.25) is 10.0 Å². The van der Waals surface area contributed by atoms with Crippen molar-refractivity contribution in [2.75, 3.05) is 13.7 Å². The Kier molecular flexibility index (Phi) is 24.0. The third kappa shape index (κ3) is 16.9. The van der Waals surface area contributed by atoms with Gasteiger partial charge in [0.15, 0.2) is 35.7 Å². The van der Waals surface area contributed by atoms with E-state index in [1.165, 1.54) is 33.0 Å². The molecule has 5 aromatic rings. The Morgan fingerprint density at radius 3 is 1.90 bits per heavy atom. The van der Waals surface area contributed by atoms with Crippen LogP contribution in [-0.4, -0.2) is 191 Å². The van der Waals surface area contributed by atoms with Gasteiger partial charge in [-0.15, -0.1) is 0 Å². The van der Waals surface area contributed by atoms with E-state index in [1.54, 1.807) is 0 Å². The molecule has 102 heavy (non-hydrogen) atoms. The van der Waals surface area contributed by atoms with Gasteiger partial charge in [0.25, 0.3) is 0 Å². The van der Waals surface area contributed by atoms with Crippen molar-refractivity contribution in [3.63, 3.8) is 0 Å². The minimum atomic E-state index is -2.29. The Morgan fingerprint density at radius 1 is 0.735 bits per heavy atom. The van der Waals surface area contributed by atoms with Gasteiger partial charge in [-0.25, -0.2) is 4.79 Å². The van der Waals surface area contributed by atoms with Gasteiger partial charge in [0.05, 0.1) is 41.3 Å². The number of carbonyl (C=O) groups is 8. The summed E-state index contributed by atoms with van der Waals surface area (Å²) in [6.07, 6.45) is -18.4. The first kappa shape index (κ1) is 77.1. The number of benzene rings is 5. The molecule has 0 aromatic heterocycles. The number of nitrogens with one attached hydrogen (secondary N) is 6. The van der Waals surface area contributed by atoms with Crippen molar-refractivity contribution >= 4 is 70.4 Å². The van der Waals surface area contributed by atoms with Gasteiger partial charge in [-0.3, -0.25) is 33.6 Å². The molecule has 9 bridgehead atoms. The Labute approximate surface area is 591 Å². The predicted molar refractivity (Wildman–Crippen MR) is 356 cm³/mol. The number of halogens is 2. The summed E-state index contributed by atoms with van der Waals surface area (Å²) in [5.41, 5.74) is 14.4. The van der Waals surface area contributed by atoms with Crippen LogP contribution in [0.3, 0.4) is 0 Å². The van der Waals surface area contributed by atoms with Gasteiger partial charge in [-0.05, 0) is 117 Å². The molecule has 11 rings (SSSR count). The number of phenols is 3. The predicted octanol–water partition coefficient (Wildman–Crippen LogP) is 0.524. The molecule has 18 atom stereocenters. The number of aliphatic carboxylic acids is 1. The monoisotopic (exact) mass is 1460 g/mol. The number of hydrogen-bond acceptors (Lipinski definition) is 26. The van der Waals surface area contributed by atoms with E-state index in [0.717, 1.165) is 73.7 Å². The van der Waals surface area contributed by atoms with Gasteiger partial charge in [0.2, 0.25) is 47.5 Å². The molecule has 1 unspecified atom stereocenters. The lowest BCUT2D eigenvalue weighted by molar-refractivity contribution is -0.333. The van der Waals surface area contributed by atoms with Crippen LogP contribution < -0.4 is 63.3 Å². The SMILES string of the molecule is CN[C@H](CC(C)C)C(=O)NC1C(=O)N[C@@H](CC(N)=O)C(=O)N[C@H]2C(=O)N[C@@H](C(C)=O)c3ccc(O)c(c3)-c3c(O)cc(O)cc3[C@@H](C(=O)O)NC(=O)[C@@H](N)[C@H](O)c3ccc(c(Cl)c3)Oc3cc2cc(c3O[C@@H]2O[C@H](CO)[C@@H](O)[C@H](O)[C@H]2O[C@H]2C[C@](C)(N)[C@H](O)[C@H](C)O2)Oc2ccc(cc2Cl)[C@H]1O. The lowest BCUT2D eigenvalue weighted by Crippen LogP contribution is -2.64. The van der Waals surface area contributed by atoms with E-state index in [0.29, 0.717) is 0 Å². The van der Waals surface area contributed by atoms with E-state index in [1.807, 2.05) is 13.8 Å². The molecule has 2 saturated heterocycles. The zero-order chi connectivity index (χ0) is 74.8. The number of amides is 6. The molecule has 22 N–H and O–H groups in total. The Bertz CT molecular complexity index is 4060. The number of aliphatic hydroxyl groups is 6. The van der Waals surface area contributed by atoms with Crippen molar-refractivity contribution in [3.8, 4) is 57.1 Å². The number of aliphatic hydroxyl groups excluding tert-OH is 6. The van der Waals surface area contributed by atoms with E-state index in [2.05, 4.69) is 31.9 Å². The van der Waals surface area contributed by atoms with Gasteiger partial charge >= 0.3 is 5.97 Å². The maximum absolute atomic E-state index is 15.8. The van der Waals surface area contributed by atoms with Gasteiger partial charge in [0.1, 0.15) is 89.5 Å². The minimum absolute atomic E-state index is 0.0937. The number of phenolic OH excluding ortho intramolecular Hbond substituents is 3. The van der Waals surface area contributed by atoms with Crippen molar-refractivity contribution in [3.05, 3.63) is 117 Å². The summed E-state index contributed by atoms with van der Waals surface area (Å²) in [6, 6.07) is -0.104. The molecule has 6 heterocycles. The maximum atomic E-state index is 15.8. The number of carboxylic acids is 1. The molecule has 0 saturated carbocycles. The number of fused-ring (bicyclic) bond motifs is 16. The van der Waals surface area contributed by atoms with Crippen LogP contribution in [0.4, 0.5) is 0 Å². The van der Waals surface area contributed by atoms with E-state index in [-0.39, 0.29) is 46.2 Å². The largest absolute Gasteiger partial charge is 0.508 e. The normalized spacial score (nSPS) is 28.9. The summed E-state index contributed by atoms with van der Waals surface area (Å²) < 4.78 is 38.3. The highest BCUT2D eigenvalue weighted by molar-refractivity contribution is 6.32. The van der Waals surface area contributed by atoms with Crippen LogP contribution in [0.25, 0.3) is 11.1 Å². The fourth-order valence-electron chi connectivity index (χ4n) is 12.3. The van der Waals surface area contributed by atoms with Crippen LogP contribution >= 0.6 is 23.2 Å². The molecule has 2 fully saturated rings. The van der Waals surface area contributed by atoms with Crippen LogP contribution in [0.15, 0.2) is 78.9 Å². The zero-order valence-electron chi connectivity index (χ0n) is 55.4. The first-order chi connectivity index (χ1) is 48.0. The molecule has 0 spiro atoms. The minimum Gasteiger partial charge on any atom is -0.508 e. The zero-order valence-corrected chi connectivity index (χ0v) is 56.9. The Balaban J connectivity index is 1.33. The maximum Gasteiger partial charge on any atom is 0.330 e. The summed E-state index contributed by atoms with van der Waals surface area (Å²) in [4.78, 5) is 115. The number of hydrogen-bond donors (Lipinski definition) is 19. The summed E-state index contributed by atoms with van der Waals surface area (Å²) in [6.45, 7) is 6.64. The molecule has 550 valence electrons. The summed E-state index contributed by atoms with van der Waals surface area (Å²) in [7, 11) is 1.47. The smallest absolute Gasteiger partial charge is 0.330 e. The van der Waals surface area contributed by atoms with Crippen molar-refractivity contribution in [1.82, 2.24) is 31.9 Å². The first-order valence-corrected chi connectivity index (χ1v) is 32.7. The molecule has 5 aromatic carbocycles. The highest BCUT2D eigenvalue weighted by Gasteiger charge is 2.51. The molecule has 33 nitrogen and oxygen atoms in total. The fourth-order valence-corrected chi connectivity index (χ4v) is 12.7. The fraction of sp³-hybridized carbons (Fsp3) is 0.433. The highest BCUT2D eigenvalue weighted by atomic mass is 35.5. The second-order valence-electron chi connectivity index (χ2n) is 25.9. The van der Waals surface area contributed by atoms with Crippen molar-refractivity contribution in [2.24, 2.45) is 23.1 Å². The number of ether oxygens (including phenoxy) is 6. The Hall–Kier alpha value is -9.04. The third-order valence-corrected chi connectivity index (χ3v) is 18.3. The molecule has 6 aliphatic rings. The number of likely N-dealkylation sites (N-methyl/N-ethyl adjacent to an activating group) is 1. The topological polar surface area (TPSA) is 544 Å². The van der Waals surface area contributed by atoms with Crippen LogP contribution in [0.5, 0.6) is 46.0 Å². The molecule has 6 amide bonds. The van der Waals surface area contributed by atoms with Gasteiger partial charge < -0.3 is 129 Å². The number of Topliss-reactive ketones (excluding diaryl/α,β-unsaturated/α-hetero) is 1. The van der Waals surface area contributed by atoms with Gasteiger partial charge in [0, 0.05) is 34.7 Å². The average Bonchev–Trinajstić information content (AvgIpc) is 0.771.